The summed E-state index contributed by atoms with van der Waals surface area (Å²) < 4.78 is 0. The number of carboxylic acids is 1. The first-order valence-corrected chi connectivity index (χ1v) is 5.21. The molecule has 0 radical (unpaired) electrons. The SMILES string of the molecule is C=CCc1ccc2cc(O)c(C(=O)O)cc2c1. The highest BCUT2D eigenvalue weighted by Gasteiger charge is 2.10. The molecule has 0 atom stereocenters. The zero-order valence-electron chi connectivity index (χ0n) is 9.18. The van der Waals surface area contributed by atoms with Crippen molar-refractivity contribution >= 4 is 16.7 Å². The van der Waals surface area contributed by atoms with Crippen LogP contribution in [-0.4, -0.2) is 16.2 Å². The zero-order chi connectivity index (χ0) is 12.4. The Hall–Kier alpha value is -2.29. The molecule has 0 heterocycles. The third kappa shape index (κ3) is 2.13. The first-order valence-electron chi connectivity index (χ1n) is 5.21. The lowest BCUT2D eigenvalue weighted by Crippen LogP contribution is -1.96. The van der Waals surface area contributed by atoms with Crippen molar-refractivity contribution in [1.82, 2.24) is 0 Å². The van der Waals surface area contributed by atoms with Crippen LogP contribution in [0.4, 0.5) is 0 Å². The quantitative estimate of drug-likeness (QED) is 0.794. The van der Waals surface area contributed by atoms with Gasteiger partial charge in [0.25, 0.3) is 0 Å². The van der Waals surface area contributed by atoms with Gasteiger partial charge in [-0.2, -0.15) is 0 Å². The van der Waals surface area contributed by atoms with E-state index in [9.17, 15) is 9.90 Å². The van der Waals surface area contributed by atoms with Gasteiger partial charge >= 0.3 is 5.97 Å². The standard InChI is InChI=1S/C14H12O3/c1-2-3-9-4-5-10-8-13(15)12(14(16)17)7-11(10)6-9/h2,4-8,15H,1,3H2,(H,16,17). The van der Waals surface area contributed by atoms with E-state index in [0.717, 1.165) is 22.8 Å². The molecule has 2 aromatic rings. The van der Waals surface area contributed by atoms with Gasteiger partial charge in [-0.1, -0.05) is 24.3 Å². The molecular weight excluding hydrogens is 216 g/mol. The van der Waals surface area contributed by atoms with Gasteiger partial charge in [0.1, 0.15) is 11.3 Å². The minimum atomic E-state index is -1.13. The largest absolute Gasteiger partial charge is 0.507 e. The van der Waals surface area contributed by atoms with Gasteiger partial charge in [0.05, 0.1) is 0 Å². The van der Waals surface area contributed by atoms with Crippen LogP contribution in [0.15, 0.2) is 43.0 Å². The normalized spacial score (nSPS) is 10.4. The van der Waals surface area contributed by atoms with Crippen LogP contribution in [0.3, 0.4) is 0 Å². The molecule has 3 nitrogen and oxygen atoms in total. The summed E-state index contributed by atoms with van der Waals surface area (Å²) in [5, 5.41) is 20.1. The fourth-order valence-electron chi connectivity index (χ4n) is 1.80. The van der Waals surface area contributed by atoms with Gasteiger partial charge < -0.3 is 10.2 Å². The Kier molecular flexibility index (Phi) is 2.83. The number of aromatic hydroxyl groups is 1. The van der Waals surface area contributed by atoms with Gasteiger partial charge in [-0.05, 0) is 34.9 Å². The van der Waals surface area contributed by atoms with Crippen molar-refractivity contribution in [3.63, 3.8) is 0 Å². The van der Waals surface area contributed by atoms with Crippen molar-refractivity contribution in [2.75, 3.05) is 0 Å². The molecule has 3 heteroatoms. The van der Waals surface area contributed by atoms with Crippen molar-refractivity contribution < 1.29 is 15.0 Å². The molecule has 0 saturated heterocycles. The van der Waals surface area contributed by atoms with Crippen LogP contribution in [0, 0.1) is 0 Å². The van der Waals surface area contributed by atoms with Gasteiger partial charge in [0, 0.05) is 0 Å². The maximum atomic E-state index is 10.9. The van der Waals surface area contributed by atoms with E-state index in [1.54, 1.807) is 6.08 Å². The molecule has 0 amide bonds. The Morgan fingerprint density at radius 2 is 2.00 bits per heavy atom. The van der Waals surface area contributed by atoms with Crippen LogP contribution in [0.25, 0.3) is 10.8 Å². The Labute approximate surface area is 98.6 Å². The molecule has 0 saturated carbocycles. The maximum Gasteiger partial charge on any atom is 0.339 e. The number of benzene rings is 2. The summed E-state index contributed by atoms with van der Waals surface area (Å²) in [5.74, 6) is -1.33. The van der Waals surface area contributed by atoms with Crippen molar-refractivity contribution in [3.8, 4) is 5.75 Å². The molecule has 0 aliphatic carbocycles. The molecule has 17 heavy (non-hydrogen) atoms. The van der Waals surface area contributed by atoms with Crippen molar-refractivity contribution in [1.29, 1.82) is 0 Å². The van der Waals surface area contributed by atoms with Gasteiger partial charge in [0.15, 0.2) is 0 Å². The number of hydrogen-bond donors (Lipinski definition) is 2. The Bertz CT molecular complexity index is 600. The van der Waals surface area contributed by atoms with Crippen LogP contribution in [0.2, 0.25) is 0 Å². The molecule has 0 aliphatic rings. The number of carbonyl (C=O) groups is 1. The monoisotopic (exact) mass is 228 g/mol. The molecule has 2 N–H and O–H groups in total. The molecule has 86 valence electrons. The number of allylic oxidation sites excluding steroid dienone is 1. The van der Waals surface area contributed by atoms with Gasteiger partial charge in [-0.3, -0.25) is 0 Å². The van der Waals surface area contributed by atoms with Gasteiger partial charge in [-0.15, -0.1) is 6.58 Å². The zero-order valence-corrected chi connectivity index (χ0v) is 9.18. The highest BCUT2D eigenvalue weighted by atomic mass is 16.4. The third-order valence-corrected chi connectivity index (χ3v) is 2.63. The third-order valence-electron chi connectivity index (χ3n) is 2.63. The molecular formula is C14H12O3. The molecule has 0 aliphatic heterocycles. The summed E-state index contributed by atoms with van der Waals surface area (Å²) >= 11 is 0. The smallest absolute Gasteiger partial charge is 0.339 e. The summed E-state index contributed by atoms with van der Waals surface area (Å²) in [6.07, 6.45) is 2.53. The van der Waals surface area contributed by atoms with E-state index in [-0.39, 0.29) is 11.3 Å². The van der Waals surface area contributed by atoms with Crippen molar-refractivity contribution in [2.45, 2.75) is 6.42 Å². The van der Waals surface area contributed by atoms with Crippen LogP contribution < -0.4 is 0 Å². The van der Waals surface area contributed by atoms with Crippen LogP contribution in [0.1, 0.15) is 15.9 Å². The lowest BCUT2D eigenvalue weighted by Gasteiger charge is -2.05. The maximum absolute atomic E-state index is 10.9. The molecule has 0 unspecified atom stereocenters. The lowest BCUT2D eigenvalue weighted by atomic mass is 10.0. The van der Waals surface area contributed by atoms with E-state index < -0.39 is 5.97 Å². The number of aromatic carboxylic acids is 1. The van der Waals surface area contributed by atoms with E-state index >= 15 is 0 Å². The molecule has 2 rings (SSSR count). The van der Waals surface area contributed by atoms with Crippen LogP contribution >= 0.6 is 0 Å². The number of carboxylic acid groups (broad SMARTS) is 1. The average molecular weight is 228 g/mol. The van der Waals surface area contributed by atoms with Crippen LogP contribution in [-0.2, 0) is 6.42 Å². The van der Waals surface area contributed by atoms with E-state index in [0.29, 0.717) is 0 Å². The predicted molar refractivity (Wildman–Crippen MR) is 66.5 cm³/mol. The molecule has 2 aromatic carbocycles. The van der Waals surface area contributed by atoms with Crippen molar-refractivity contribution in [3.05, 3.63) is 54.1 Å². The second-order valence-electron chi connectivity index (χ2n) is 3.85. The second kappa shape index (κ2) is 4.29. The molecule has 0 bridgehead atoms. The minimum Gasteiger partial charge on any atom is -0.507 e. The van der Waals surface area contributed by atoms with Crippen molar-refractivity contribution in [2.24, 2.45) is 0 Å². The summed E-state index contributed by atoms with van der Waals surface area (Å²) in [7, 11) is 0. The van der Waals surface area contributed by atoms with E-state index in [1.165, 1.54) is 12.1 Å². The summed E-state index contributed by atoms with van der Waals surface area (Å²) in [6, 6.07) is 8.66. The van der Waals surface area contributed by atoms with Gasteiger partial charge in [0.2, 0.25) is 0 Å². The molecule has 0 fully saturated rings. The van der Waals surface area contributed by atoms with E-state index in [2.05, 4.69) is 6.58 Å². The second-order valence-corrected chi connectivity index (χ2v) is 3.85. The Balaban J connectivity index is 2.63. The van der Waals surface area contributed by atoms with Crippen LogP contribution in [0.5, 0.6) is 5.75 Å². The number of phenols is 1. The first-order chi connectivity index (χ1) is 8.11. The van der Waals surface area contributed by atoms with Gasteiger partial charge in [-0.25, -0.2) is 4.79 Å². The Morgan fingerprint density at radius 1 is 1.24 bits per heavy atom. The highest BCUT2D eigenvalue weighted by molar-refractivity contribution is 5.97. The number of hydrogen-bond acceptors (Lipinski definition) is 2. The molecule has 0 aromatic heterocycles. The minimum absolute atomic E-state index is 0.0757. The summed E-state index contributed by atoms with van der Waals surface area (Å²) in [4.78, 5) is 10.9. The van der Waals surface area contributed by atoms with E-state index in [4.69, 9.17) is 5.11 Å². The fraction of sp³-hybridized carbons (Fsp3) is 0.0714. The Morgan fingerprint density at radius 3 is 2.65 bits per heavy atom. The average Bonchev–Trinajstić information content (AvgIpc) is 2.28. The lowest BCUT2D eigenvalue weighted by molar-refractivity contribution is 0.0694. The number of fused-ring (bicyclic) bond motifs is 1. The summed E-state index contributed by atoms with van der Waals surface area (Å²) in [5.41, 5.74) is 0.989. The predicted octanol–water partition coefficient (Wildman–Crippen LogP) is 2.97. The number of rotatable bonds is 3. The fourth-order valence-corrected chi connectivity index (χ4v) is 1.80. The first kappa shape index (κ1) is 11.2. The van der Waals surface area contributed by atoms with E-state index in [1.807, 2.05) is 18.2 Å². The molecule has 0 spiro atoms. The highest BCUT2D eigenvalue weighted by Crippen LogP contribution is 2.26. The topological polar surface area (TPSA) is 57.5 Å². The summed E-state index contributed by atoms with van der Waals surface area (Å²) in [6.45, 7) is 3.66.